The highest BCUT2D eigenvalue weighted by atomic mass is 16.5. The van der Waals surface area contributed by atoms with Crippen molar-refractivity contribution >= 4 is 0 Å². The molecule has 2 saturated heterocycles. The molecular weight excluding hydrogens is 138 g/mol. The third kappa shape index (κ3) is 1.57. The molecule has 1 spiro atoms. The summed E-state index contributed by atoms with van der Waals surface area (Å²) in [6.45, 7) is 3.15. The predicted molar refractivity (Wildman–Crippen MR) is 44.6 cm³/mol. The second kappa shape index (κ2) is 3.11. The Hall–Kier alpha value is -0.0800. The lowest BCUT2D eigenvalue weighted by Crippen LogP contribution is -2.51. The van der Waals surface area contributed by atoms with Gasteiger partial charge in [0.15, 0.2) is 0 Å². The molecule has 0 bridgehead atoms. The molecule has 2 heterocycles. The van der Waals surface area contributed by atoms with E-state index in [1.165, 1.54) is 38.6 Å². The summed E-state index contributed by atoms with van der Waals surface area (Å²) in [5, 5.41) is 3.65. The third-order valence-corrected chi connectivity index (χ3v) is 3.03. The van der Waals surface area contributed by atoms with Gasteiger partial charge in [-0.25, -0.2) is 0 Å². The minimum atomic E-state index is 0.483. The summed E-state index contributed by atoms with van der Waals surface area (Å²) in [4.78, 5) is 0. The van der Waals surface area contributed by atoms with Crippen molar-refractivity contribution in [2.75, 3.05) is 19.8 Å². The van der Waals surface area contributed by atoms with Gasteiger partial charge in [-0.05, 0) is 32.2 Å². The first kappa shape index (κ1) is 7.56. The molecule has 0 saturated carbocycles. The molecule has 2 rings (SSSR count). The van der Waals surface area contributed by atoms with Gasteiger partial charge < -0.3 is 10.1 Å². The van der Waals surface area contributed by atoms with Crippen molar-refractivity contribution in [2.45, 2.75) is 37.6 Å². The van der Waals surface area contributed by atoms with E-state index in [0.717, 1.165) is 13.2 Å². The van der Waals surface area contributed by atoms with Crippen molar-refractivity contribution in [3.05, 3.63) is 0 Å². The fraction of sp³-hybridized carbons (Fsp3) is 1.00. The number of hydrogen-bond donors (Lipinski definition) is 1. The molecular formula is C9H17NO. The molecule has 11 heavy (non-hydrogen) atoms. The minimum Gasteiger partial charge on any atom is -0.381 e. The monoisotopic (exact) mass is 155 g/mol. The molecule has 2 fully saturated rings. The maximum absolute atomic E-state index is 5.36. The van der Waals surface area contributed by atoms with Gasteiger partial charge in [0.05, 0.1) is 0 Å². The fourth-order valence-electron chi connectivity index (χ4n) is 2.22. The molecule has 0 unspecified atom stereocenters. The molecule has 0 aromatic rings. The lowest BCUT2D eigenvalue weighted by molar-refractivity contribution is 0.0272. The molecule has 2 nitrogen and oxygen atoms in total. The largest absolute Gasteiger partial charge is 0.381 e. The normalized spacial score (nSPS) is 30.5. The summed E-state index contributed by atoms with van der Waals surface area (Å²) in [5.74, 6) is 0. The van der Waals surface area contributed by atoms with Gasteiger partial charge in [0, 0.05) is 18.8 Å². The third-order valence-electron chi connectivity index (χ3n) is 3.03. The van der Waals surface area contributed by atoms with Crippen LogP contribution in [0.15, 0.2) is 0 Å². The Labute approximate surface area is 68.3 Å². The topological polar surface area (TPSA) is 21.3 Å². The van der Waals surface area contributed by atoms with Gasteiger partial charge in [-0.15, -0.1) is 0 Å². The number of hydrogen-bond acceptors (Lipinski definition) is 2. The zero-order chi connectivity index (χ0) is 7.57. The van der Waals surface area contributed by atoms with E-state index >= 15 is 0 Å². The van der Waals surface area contributed by atoms with E-state index in [1.54, 1.807) is 0 Å². The molecule has 2 aliphatic heterocycles. The van der Waals surface area contributed by atoms with Crippen LogP contribution in [0.3, 0.4) is 0 Å². The lowest BCUT2D eigenvalue weighted by atomic mass is 9.82. The van der Waals surface area contributed by atoms with Crippen molar-refractivity contribution < 1.29 is 4.74 Å². The fourth-order valence-corrected chi connectivity index (χ4v) is 2.22. The summed E-state index contributed by atoms with van der Waals surface area (Å²) in [5.41, 5.74) is 0.483. The first-order chi connectivity index (χ1) is 5.41. The van der Waals surface area contributed by atoms with Crippen LogP contribution in [0.2, 0.25) is 0 Å². The van der Waals surface area contributed by atoms with Gasteiger partial charge in [0.1, 0.15) is 0 Å². The first-order valence-corrected chi connectivity index (χ1v) is 4.74. The molecule has 0 amide bonds. The van der Waals surface area contributed by atoms with Crippen LogP contribution < -0.4 is 5.32 Å². The zero-order valence-electron chi connectivity index (χ0n) is 7.07. The Morgan fingerprint density at radius 2 is 1.82 bits per heavy atom. The van der Waals surface area contributed by atoms with E-state index in [1.807, 2.05) is 0 Å². The van der Waals surface area contributed by atoms with Crippen LogP contribution in [-0.2, 0) is 4.74 Å². The van der Waals surface area contributed by atoms with Crippen molar-refractivity contribution in [1.82, 2.24) is 5.32 Å². The SMILES string of the molecule is C1CCC2(CCOCC2)NC1. The molecule has 0 aromatic carbocycles. The summed E-state index contributed by atoms with van der Waals surface area (Å²) < 4.78 is 5.36. The first-order valence-electron chi connectivity index (χ1n) is 4.74. The van der Waals surface area contributed by atoms with Gasteiger partial charge in [-0.3, -0.25) is 0 Å². The van der Waals surface area contributed by atoms with E-state index < -0.39 is 0 Å². The Morgan fingerprint density at radius 3 is 2.45 bits per heavy atom. The highest BCUT2D eigenvalue weighted by Crippen LogP contribution is 2.28. The van der Waals surface area contributed by atoms with Crippen LogP contribution in [-0.4, -0.2) is 25.3 Å². The molecule has 0 aromatic heterocycles. The molecule has 64 valence electrons. The maximum atomic E-state index is 5.36. The van der Waals surface area contributed by atoms with E-state index in [0.29, 0.717) is 5.54 Å². The second-order valence-corrected chi connectivity index (χ2v) is 3.78. The van der Waals surface area contributed by atoms with Gasteiger partial charge in [0.2, 0.25) is 0 Å². The summed E-state index contributed by atoms with van der Waals surface area (Å²) in [6, 6.07) is 0. The van der Waals surface area contributed by atoms with E-state index in [-0.39, 0.29) is 0 Å². The highest BCUT2D eigenvalue weighted by molar-refractivity contribution is 4.92. The van der Waals surface area contributed by atoms with Crippen LogP contribution in [0.5, 0.6) is 0 Å². The molecule has 2 aliphatic rings. The minimum absolute atomic E-state index is 0.483. The molecule has 2 heteroatoms. The van der Waals surface area contributed by atoms with Crippen LogP contribution in [0.25, 0.3) is 0 Å². The van der Waals surface area contributed by atoms with Crippen LogP contribution in [0.4, 0.5) is 0 Å². The summed E-state index contributed by atoms with van der Waals surface area (Å²) in [7, 11) is 0. The van der Waals surface area contributed by atoms with Crippen molar-refractivity contribution in [1.29, 1.82) is 0 Å². The summed E-state index contributed by atoms with van der Waals surface area (Å²) >= 11 is 0. The zero-order valence-corrected chi connectivity index (χ0v) is 7.07. The Morgan fingerprint density at radius 1 is 1.00 bits per heavy atom. The number of ether oxygens (including phenoxy) is 1. The second-order valence-electron chi connectivity index (χ2n) is 3.78. The number of piperidine rings is 1. The van der Waals surface area contributed by atoms with Crippen molar-refractivity contribution in [3.63, 3.8) is 0 Å². The van der Waals surface area contributed by atoms with Crippen molar-refractivity contribution in [3.8, 4) is 0 Å². The highest BCUT2D eigenvalue weighted by Gasteiger charge is 2.32. The lowest BCUT2D eigenvalue weighted by Gasteiger charge is -2.41. The van der Waals surface area contributed by atoms with Crippen LogP contribution in [0.1, 0.15) is 32.1 Å². The summed E-state index contributed by atoms with van der Waals surface area (Å²) in [6.07, 6.45) is 6.60. The van der Waals surface area contributed by atoms with Gasteiger partial charge >= 0.3 is 0 Å². The Kier molecular flexibility index (Phi) is 2.14. The van der Waals surface area contributed by atoms with Crippen LogP contribution in [0, 0.1) is 0 Å². The van der Waals surface area contributed by atoms with Gasteiger partial charge in [-0.1, -0.05) is 6.42 Å². The molecule has 1 N–H and O–H groups in total. The van der Waals surface area contributed by atoms with E-state index in [4.69, 9.17) is 4.74 Å². The van der Waals surface area contributed by atoms with E-state index in [2.05, 4.69) is 5.32 Å². The average molecular weight is 155 g/mol. The number of nitrogens with one attached hydrogen (secondary N) is 1. The van der Waals surface area contributed by atoms with Gasteiger partial charge in [-0.2, -0.15) is 0 Å². The van der Waals surface area contributed by atoms with E-state index in [9.17, 15) is 0 Å². The van der Waals surface area contributed by atoms with Crippen molar-refractivity contribution in [2.24, 2.45) is 0 Å². The molecule has 0 aliphatic carbocycles. The standard InChI is InChI=1S/C9H17NO/c1-2-6-10-9(3-1)4-7-11-8-5-9/h10H,1-8H2. The maximum Gasteiger partial charge on any atom is 0.0483 e. The quantitative estimate of drug-likeness (QED) is 0.569. The Bertz CT molecular complexity index is 104. The number of rotatable bonds is 0. The average Bonchev–Trinajstić information content (AvgIpc) is 2.07. The molecule has 0 radical (unpaired) electrons. The smallest absolute Gasteiger partial charge is 0.0483 e. The van der Waals surface area contributed by atoms with Crippen LogP contribution >= 0.6 is 0 Å². The molecule has 0 atom stereocenters. The Balaban J connectivity index is 1.94. The predicted octanol–water partition coefficient (Wildman–Crippen LogP) is 1.31. The van der Waals surface area contributed by atoms with Gasteiger partial charge in [0.25, 0.3) is 0 Å².